The number of amides is 1. The maximum atomic E-state index is 13.7. The number of fused-ring (bicyclic) bond motifs is 3. The summed E-state index contributed by atoms with van der Waals surface area (Å²) < 4.78 is 104. The van der Waals surface area contributed by atoms with Crippen LogP contribution in [0.2, 0.25) is 5.02 Å². The van der Waals surface area contributed by atoms with Crippen molar-refractivity contribution in [2.75, 3.05) is 19.1 Å². The first-order valence-electron chi connectivity index (χ1n) is 9.86. The van der Waals surface area contributed by atoms with E-state index in [1.165, 1.54) is 6.07 Å². The quantitative estimate of drug-likeness (QED) is 0.394. The van der Waals surface area contributed by atoms with E-state index >= 15 is 0 Å². The summed E-state index contributed by atoms with van der Waals surface area (Å²) in [7, 11) is -2.50. The average molecular weight is 587 g/mol. The number of hydrogen-bond donors (Lipinski definition) is 0. The maximum Gasteiger partial charge on any atom is 0.476 e. The molecule has 1 aromatic carbocycles. The van der Waals surface area contributed by atoms with Gasteiger partial charge in [0.15, 0.2) is 27.9 Å². The van der Waals surface area contributed by atoms with Gasteiger partial charge in [-0.2, -0.15) is 36.7 Å². The van der Waals surface area contributed by atoms with E-state index in [2.05, 4.69) is 9.84 Å². The van der Waals surface area contributed by atoms with Crippen LogP contribution in [0, 0.1) is 11.3 Å². The summed E-state index contributed by atoms with van der Waals surface area (Å²) in [4.78, 5) is 37.5. The van der Waals surface area contributed by atoms with Crippen molar-refractivity contribution in [2.45, 2.75) is 35.5 Å². The summed E-state index contributed by atoms with van der Waals surface area (Å²) in [6.45, 7) is 0.693. The Bertz CT molecular complexity index is 1430. The second-order valence-electron chi connectivity index (χ2n) is 7.55. The van der Waals surface area contributed by atoms with Crippen LogP contribution in [0.25, 0.3) is 5.69 Å². The first kappa shape index (κ1) is 28.9. The molecule has 1 aliphatic heterocycles. The van der Waals surface area contributed by atoms with Gasteiger partial charge in [-0.25, -0.2) is 13.7 Å². The highest BCUT2D eigenvalue weighted by molar-refractivity contribution is 7.86. The van der Waals surface area contributed by atoms with E-state index in [0.717, 1.165) is 14.2 Å². The fraction of sp³-hybridized carbons (Fsp3) is 0.350. The molecule has 0 spiro atoms. The van der Waals surface area contributed by atoms with Gasteiger partial charge in [-0.1, -0.05) is 11.6 Å². The number of carbonyl (C=O) groups excluding carboxylic acids is 3. The Morgan fingerprint density at radius 2 is 1.76 bits per heavy atom. The van der Waals surface area contributed by atoms with Crippen molar-refractivity contribution < 1.29 is 54.4 Å². The summed E-state index contributed by atoms with van der Waals surface area (Å²) in [5.41, 5.74) is -12.7. The third kappa shape index (κ3) is 4.36. The van der Waals surface area contributed by atoms with Crippen molar-refractivity contribution in [2.24, 2.45) is 0 Å². The fourth-order valence-corrected chi connectivity index (χ4v) is 5.15. The van der Waals surface area contributed by atoms with Crippen molar-refractivity contribution in [1.82, 2.24) is 9.78 Å². The Labute approximate surface area is 216 Å². The molecule has 0 saturated carbocycles. The van der Waals surface area contributed by atoms with Crippen LogP contribution in [0.15, 0.2) is 17.0 Å². The number of methoxy groups -OCH3 is 2. The third-order valence-electron chi connectivity index (χ3n) is 5.43. The molecule has 0 N–H and O–H groups in total. The van der Waals surface area contributed by atoms with Crippen LogP contribution < -0.4 is 4.90 Å². The highest BCUT2D eigenvalue weighted by Crippen LogP contribution is 2.52. The maximum absolute atomic E-state index is 13.7. The number of aromatic nitrogens is 2. The molecule has 0 radical (unpaired) electrons. The predicted octanol–water partition coefficient (Wildman–Crippen LogP) is 3.34. The first-order chi connectivity index (χ1) is 17.5. The van der Waals surface area contributed by atoms with Gasteiger partial charge < -0.3 is 9.47 Å². The Morgan fingerprint density at radius 3 is 2.21 bits per heavy atom. The largest absolute Gasteiger partial charge is 0.476 e. The first-order valence-corrected chi connectivity index (χ1v) is 11.4. The summed E-state index contributed by atoms with van der Waals surface area (Å²) in [5, 5.41) is 12.2. The zero-order valence-corrected chi connectivity index (χ0v) is 20.7. The molecule has 38 heavy (non-hydrogen) atoms. The third-order valence-corrected chi connectivity index (χ3v) is 6.88. The number of anilines is 1. The van der Waals surface area contributed by atoms with Gasteiger partial charge in [-0.15, -0.1) is 0 Å². The van der Waals surface area contributed by atoms with E-state index in [1.54, 1.807) is 0 Å². The molecule has 2 aromatic rings. The lowest BCUT2D eigenvalue weighted by Gasteiger charge is -2.45. The van der Waals surface area contributed by atoms with E-state index in [-0.39, 0.29) is 4.90 Å². The Morgan fingerprint density at radius 1 is 1.16 bits per heavy atom. The molecule has 1 amide bonds. The van der Waals surface area contributed by atoms with E-state index in [9.17, 15) is 50.2 Å². The monoisotopic (exact) mass is 586 g/mol. The molecule has 1 aromatic heterocycles. The minimum absolute atomic E-state index is 0.168. The molecule has 0 saturated heterocycles. The summed E-state index contributed by atoms with van der Waals surface area (Å²) >= 11 is 6.11. The van der Waals surface area contributed by atoms with Crippen molar-refractivity contribution in [3.8, 4) is 11.8 Å². The molecule has 3 rings (SSSR count). The lowest BCUT2D eigenvalue weighted by Crippen LogP contribution is -2.59. The molecular weight excluding hydrogens is 574 g/mol. The standard InChI is InChI=1S/C20H13ClF6N4O6S/c1-8(32)30-16-15(38(35)20(25,26)27)12(7-28)29-31(16)14-10(4-9(5-11(14)21)19(22,23)24)18(30,17(34)37-3)6-13(33)36-2/h4-5H,6H2,1-3H3. The summed E-state index contributed by atoms with van der Waals surface area (Å²) in [6, 6.07) is 1.96. The van der Waals surface area contributed by atoms with E-state index in [0.29, 0.717) is 23.7 Å². The molecule has 0 bridgehead atoms. The predicted molar refractivity (Wildman–Crippen MR) is 114 cm³/mol. The average Bonchev–Trinajstić information content (AvgIpc) is 3.19. The van der Waals surface area contributed by atoms with Crippen LogP contribution in [0.5, 0.6) is 0 Å². The number of nitrogens with zero attached hydrogens (tertiary/aromatic N) is 4. The minimum Gasteiger partial charge on any atom is -0.469 e. The van der Waals surface area contributed by atoms with Gasteiger partial charge >= 0.3 is 23.6 Å². The van der Waals surface area contributed by atoms with Crippen LogP contribution in [0.4, 0.5) is 32.2 Å². The molecule has 0 aliphatic carbocycles. The van der Waals surface area contributed by atoms with Crippen LogP contribution in [-0.4, -0.2) is 51.6 Å². The lowest BCUT2D eigenvalue weighted by molar-refractivity contribution is -0.155. The number of hydrogen-bond acceptors (Lipinski definition) is 8. The fourth-order valence-electron chi connectivity index (χ4n) is 4.02. The van der Waals surface area contributed by atoms with Gasteiger partial charge in [0.25, 0.3) is 0 Å². The number of rotatable bonds is 4. The smallest absolute Gasteiger partial charge is 0.469 e. The van der Waals surface area contributed by atoms with Crippen molar-refractivity contribution >= 4 is 46.1 Å². The van der Waals surface area contributed by atoms with Crippen molar-refractivity contribution in [3.05, 3.63) is 34.0 Å². The van der Waals surface area contributed by atoms with Crippen molar-refractivity contribution in [3.63, 3.8) is 0 Å². The second kappa shape index (κ2) is 9.58. The number of benzene rings is 1. The van der Waals surface area contributed by atoms with Crippen LogP contribution >= 0.6 is 11.6 Å². The molecule has 18 heteroatoms. The van der Waals surface area contributed by atoms with E-state index < -0.39 is 90.5 Å². The van der Waals surface area contributed by atoms with Crippen LogP contribution in [0.3, 0.4) is 0 Å². The summed E-state index contributed by atoms with van der Waals surface area (Å²) in [6.07, 6.45) is -6.39. The number of halogens is 7. The minimum atomic E-state index is -5.53. The SMILES string of the molecule is COC(=O)CC1(C(=O)OC)c2cc(C(F)(F)F)cc(Cl)c2-n2nc(C#N)c(S(=O)C(F)(F)F)c2N1C(C)=O. The number of nitriles is 1. The van der Waals surface area contributed by atoms with E-state index in [4.69, 9.17) is 16.3 Å². The molecule has 0 fully saturated rings. The Kier molecular flexibility index (Phi) is 7.29. The van der Waals surface area contributed by atoms with Gasteiger partial charge in [0.2, 0.25) is 5.91 Å². The molecule has 10 nitrogen and oxygen atoms in total. The molecule has 2 atom stereocenters. The van der Waals surface area contributed by atoms with Crippen LogP contribution in [0.1, 0.15) is 30.2 Å². The summed E-state index contributed by atoms with van der Waals surface area (Å²) in [5.74, 6) is -5.34. The Hall–Kier alpha value is -3.65. The normalized spacial score (nSPS) is 17.7. The number of esters is 2. The number of alkyl halides is 6. The van der Waals surface area contributed by atoms with Gasteiger partial charge in [-0.05, 0) is 12.1 Å². The Balaban J connectivity index is 2.70. The molecule has 2 heterocycles. The second-order valence-corrected chi connectivity index (χ2v) is 9.37. The van der Waals surface area contributed by atoms with Gasteiger partial charge in [0.1, 0.15) is 11.0 Å². The van der Waals surface area contributed by atoms with Crippen LogP contribution in [-0.2, 0) is 46.4 Å². The molecule has 1 aliphatic rings. The molecular formula is C20H13ClF6N4O6S. The van der Waals surface area contributed by atoms with E-state index in [1.807, 2.05) is 0 Å². The topological polar surface area (TPSA) is 132 Å². The number of carbonyl (C=O) groups is 3. The lowest BCUT2D eigenvalue weighted by atomic mass is 9.80. The highest BCUT2D eigenvalue weighted by Gasteiger charge is 2.59. The van der Waals surface area contributed by atoms with Gasteiger partial charge in [-0.3, -0.25) is 14.5 Å². The highest BCUT2D eigenvalue weighted by atomic mass is 35.5. The van der Waals surface area contributed by atoms with Crippen molar-refractivity contribution in [1.29, 1.82) is 5.26 Å². The van der Waals surface area contributed by atoms with Gasteiger partial charge in [0, 0.05) is 12.5 Å². The zero-order valence-electron chi connectivity index (χ0n) is 19.2. The molecule has 204 valence electrons. The number of ether oxygens (including phenoxy) is 2. The van der Waals surface area contributed by atoms with Gasteiger partial charge in [0.05, 0.1) is 36.9 Å². The zero-order chi connectivity index (χ0) is 29.0. The molecule has 2 unspecified atom stereocenters.